The quantitative estimate of drug-likeness (QED) is 0.333. The molecule has 0 aliphatic heterocycles. The van der Waals surface area contributed by atoms with Crippen molar-refractivity contribution in [2.45, 2.75) is 33.2 Å². The Balaban J connectivity index is 1.51. The highest BCUT2D eigenvalue weighted by Crippen LogP contribution is 2.24. The molecule has 192 valence electrons. The van der Waals surface area contributed by atoms with Crippen LogP contribution in [0.4, 0.5) is 10.6 Å². The average molecular weight is 500 g/mol. The normalized spacial score (nSPS) is 10.8. The number of carbonyl (C=O) groups is 2. The van der Waals surface area contributed by atoms with Crippen LogP contribution in [-0.4, -0.2) is 41.5 Å². The van der Waals surface area contributed by atoms with Gasteiger partial charge in [-0.15, -0.1) is 0 Å². The number of aromatic nitrogens is 2. The van der Waals surface area contributed by atoms with Gasteiger partial charge in [0.1, 0.15) is 17.2 Å². The van der Waals surface area contributed by atoms with E-state index in [2.05, 4.69) is 10.6 Å². The number of rotatable bonds is 10. The molecule has 2 aromatic heterocycles. The highest BCUT2D eigenvalue weighted by molar-refractivity contribution is 5.95. The van der Waals surface area contributed by atoms with Gasteiger partial charge in [-0.1, -0.05) is 49.4 Å². The summed E-state index contributed by atoms with van der Waals surface area (Å²) in [6.07, 6.45) is 3.15. The number of nitrogens with zero attached hydrogens (tertiary/aromatic N) is 3. The fourth-order valence-electron chi connectivity index (χ4n) is 4.21. The number of ether oxygens (including phenoxy) is 1. The Labute approximate surface area is 217 Å². The summed E-state index contributed by atoms with van der Waals surface area (Å²) in [6.45, 7) is 5.32. The Hall–Kier alpha value is -4.33. The predicted octanol–water partition coefficient (Wildman–Crippen LogP) is 4.61. The van der Waals surface area contributed by atoms with Crippen molar-refractivity contribution in [2.75, 3.05) is 25.1 Å². The number of nitrogens with one attached hydrogen (secondary N) is 2. The Kier molecular flexibility index (Phi) is 8.40. The molecule has 8 heteroatoms. The lowest BCUT2D eigenvalue weighted by molar-refractivity contribution is 0.0950. The maximum absolute atomic E-state index is 13.2. The number of imidazole rings is 1. The molecule has 0 saturated heterocycles. The summed E-state index contributed by atoms with van der Waals surface area (Å²) in [5.41, 5.74) is 4.11. The molecule has 0 fully saturated rings. The lowest BCUT2D eigenvalue weighted by Gasteiger charge is -2.22. The monoisotopic (exact) mass is 499 g/mol. The first kappa shape index (κ1) is 25.8. The van der Waals surface area contributed by atoms with E-state index in [0.29, 0.717) is 43.1 Å². The number of hydrogen-bond acceptors (Lipinski definition) is 4. The zero-order valence-electron chi connectivity index (χ0n) is 21.5. The standard InChI is InChI=1S/C29H33N5O3/c1-4-25-28(33(5-2)29(36)30-18-17-21-9-7-6-8-10-21)34-20-23(13-16-26(34)32-25)27(35)31-19-22-11-14-24(37-3)15-12-22/h6-16,20H,4-5,17-19H2,1-3H3,(H,30,36)(H,31,35). The van der Waals surface area contributed by atoms with E-state index in [1.165, 1.54) is 5.56 Å². The fraction of sp³-hybridized carbons (Fsp3) is 0.276. The van der Waals surface area contributed by atoms with Gasteiger partial charge >= 0.3 is 6.03 Å². The van der Waals surface area contributed by atoms with Crippen LogP contribution in [0, 0.1) is 0 Å². The molecule has 2 aromatic carbocycles. The number of amides is 3. The summed E-state index contributed by atoms with van der Waals surface area (Å²) in [5, 5.41) is 5.99. The molecule has 0 radical (unpaired) electrons. The SMILES string of the molecule is CCc1nc2ccc(C(=O)NCc3ccc(OC)cc3)cn2c1N(CC)C(=O)NCCc1ccccc1. The van der Waals surface area contributed by atoms with E-state index < -0.39 is 0 Å². The number of carbonyl (C=O) groups excluding carboxylic acids is 2. The lowest BCUT2D eigenvalue weighted by Crippen LogP contribution is -2.41. The summed E-state index contributed by atoms with van der Waals surface area (Å²) >= 11 is 0. The van der Waals surface area contributed by atoms with Crippen LogP contribution in [0.5, 0.6) is 5.75 Å². The van der Waals surface area contributed by atoms with Crippen LogP contribution in [0.2, 0.25) is 0 Å². The molecular formula is C29H33N5O3. The number of pyridine rings is 1. The average Bonchev–Trinajstić information content (AvgIpc) is 3.30. The fourth-order valence-corrected chi connectivity index (χ4v) is 4.21. The van der Waals surface area contributed by atoms with Gasteiger partial charge in [0.25, 0.3) is 5.91 Å². The number of hydrogen-bond donors (Lipinski definition) is 2. The first-order valence-corrected chi connectivity index (χ1v) is 12.6. The van der Waals surface area contributed by atoms with Gasteiger partial charge in [-0.25, -0.2) is 9.78 Å². The summed E-state index contributed by atoms with van der Waals surface area (Å²) in [4.78, 5) is 32.5. The minimum Gasteiger partial charge on any atom is -0.497 e. The molecule has 0 unspecified atom stereocenters. The number of urea groups is 1. The van der Waals surface area contributed by atoms with E-state index in [-0.39, 0.29) is 11.9 Å². The summed E-state index contributed by atoms with van der Waals surface area (Å²) in [6, 6.07) is 21.0. The maximum Gasteiger partial charge on any atom is 0.323 e. The van der Waals surface area contributed by atoms with Gasteiger partial charge in [-0.2, -0.15) is 0 Å². The van der Waals surface area contributed by atoms with Crippen LogP contribution in [-0.2, 0) is 19.4 Å². The van der Waals surface area contributed by atoms with Gasteiger partial charge < -0.3 is 15.4 Å². The Bertz CT molecular complexity index is 1350. The van der Waals surface area contributed by atoms with Crippen LogP contribution in [0.15, 0.2) is 72.9 Å². The van der Waals surface area contributed by atoms with E-state index >= 15 is 0 Å². The van der Waals surface area contributed by atoms with E-state index in [1.54, 1.807) is 24.3 Å². The molecule has 0 aliphatic carbocycles. The minimum absolute atomic E-state index is 0.190. The van der Waals surface area contributed by atoms with Crippen molar-refractivity contribution in [3.05, 3.63) is 95.3 Å². The van der Waals surface area contributed by atoms with Crippen molar-refractivity contribution in [3.63, 3.8) is 0 Å². The second-order valence-electron chi connectivity index (χ2n) is 8.62. The zero-order valence-corrected chi connectivity index (χ0v) is 21.5. The van der Waals surface area contributed by atoms with Gasteiger partial charge in [-0.05, 0) is 55.2 Å². The Morgan fingerprint density at radius 3 is 2.38 bits per heavy atom. The minimum atomic E-state index is -0.203. The molecule has 0 bridgehead atoms. The van der Waals surface area contributed by atoms with Crippen LogP contribution >= 0.6 is 0 Å². The number of benzene rings is 2. The number of anilines is 1. The maximum atomic E-state index is 13.2. The van der Waals surface area contributed by atoms with Gasteiger partial charge in [0.2, 0.25) is 0 Å². The largest absolute Gasteiger partial charge is 0.497 e. The van der Waals surface area contributed by atoms with E-state index in [0.717, 1.165) is 23.4 Å². The third-order valence-electron chi connectivity index (χ3n) is 6.22. The van der Waals surface area contributed by atoms with E-state index in [1.807, 2.05) is 78.9 Å². The molecule has 2 heterocycles. The van der Waals surface area contributed by atoms with Crippen LogP contribution in [0.1, 0.15) is 41.0 Å². The topological polar surface area (TPSA) is 88.0 Å². The first-order valence-electron chi connectivity index (χ1n) is 12.6. The molecular weight excluding hydrogens is 466 g/mol. The van der Waals surface area contributed by atoms with Crippen molar-refractivity contribution in [2.24, 2.45) is 0 Å². The van der Waals surface area contributed by atoms with Crippen LogP contribution < -0.4 is 20.3 Å². The molecule has 0 atom stereocenters. The summed E-state index contributed by atoms with van der Waals surface area (Å²) in [7, 11) is 1.62. The van der Waals surface area contributed by atoms with E-state index in [9.17, 15) is 9.59 Å². The molecule has 37 heavy (non-hydrogen) atoms. The first-order chi connectivity index (χ1) is 18.0. The molecule has 2 N–H and O–H groups in total. The summed E-state index contributed by atoms with van der Waals surface area (Å²) in [5.74, 6) is 1.25. The van der Waals surface area contributed by atoms with Crippen molar-refractivity contribution >= 4 is 23.4 Å². The number of aryl methyl sites for hydroxylation is 1. The zero-order chi connectivity index (χ0) is 26.2. The molecule has 3 amide bonds. The van der Waals surface area contributed by atoms with Crippen molar-refractivity contribution in [3.8, 4) is 5.75 Å². The summed E-state index contributed by atoms with van der Waals surface area (Å²) < 4.78 is 7.02. The third-order valence-corrected chi connectivity index (χ3v) is 6.22. The number of methoxy groups -OCH3 is 1. The van der Waals surface area contributed by atoms with Gasteiger partial charge in [0, 0.05) is 25.8 Å². The van der Waals surface area contributed by atoms with Gasteiger partial charge in [-0.3, -0.25) is 14.1 Å². The Morgan fingerprint density at radius 1 is 0.946 bits per heavy atom. The highest BCUT2D eigenvalue weighted by atomic mass is 16.5. The van der Waals surface area contributed by atoms with Crippen molar-refractivity contribution in [1.29, 1.82) is 0 Å². The Morgan fingerprint density at radius 2 is 1.70 bits per heavy atom. The second-order valence-corrected chi connectivity index (χ2v) is 8.62. The predicted molar refractivity (Wildman–Crippen MR) is 145 cm³/mol. The third kappa shape index (κ3) is 6.09. The molecule has 0 saturated carbocycles. The molecule has 8 nitrogen and oxygen atoms in total. The van der Waals surface area contributed by atoms with Crippen LogP contribution in [0.25, 0.3) is 5.65 Å². The molecule has 0 spiro atoms. The van der Waals surface area contributed by atoms with Crippen molar-refractivity contribution in [1.82, 2.24) is 20.0 Å². The molecule has 4 aromatic rings. The molecule has 4 rings (SSSR count). The van der Waals surface area contributed by atoms with Crippen LogP contribution in [0.3, 0.4) is 0 Å². The van der Waals surface area contributed by atoms with Gasteiger partial charge in [0.05, 0.1) is 18.4 Å². The highest BCUT2D eigenvalue weighted by Gasteiger charge is 2.22. The van der Waals surface area contributed by atoms with Crippen molar-refractivity contribution < 1.29 is 14.3 Å². The smallest absolute Gasteiger partial charge is 0.323 e. The second kappa shape index (κ2) is 12.1. The molecule has 0 aliphatic rings. The van der Waals surface area contributed by atoms with E-state index in [4.69, 9.17) is 9.72 Å². The lowest BCUT2D eigenvalue weighted by atomic mass is 10.1. The van der Waals surface area contributed by atoms with Gasteiger partial charge in [0.15, 0.2) is 0 Å². The number of fused-ring (bicyclic) bond motifs is 1.